The van der Waals surface area contributed by atoms with Crippen LogP contribution in [-0.4, -0.2) is 43.7 Å². The van der Waals surface area contributed by atoms with Crippen molar-refractivity contribution >= 4 is 28.7 Å². The van der Waals surface area contributed by atoms with E-state index in [1.54, 1.807) is 23.6 Å². The molecule has 3 heterocycles. The van der Waals surface area contributed by atoms with E-state index in [0.717, 1.165) is 30.5 Å². The van der Waals surface area contributed by atoms with Crippen molar-refractivity contribution < 1.29 is 13.9 Å². The molecule has 1 saturated carbocycles. The number of thioether (sulfide) groups is 1. The van der Waals surface area contributed by atoms with Crippen LogP contribution in [0.2, 0.25) is 0 Å². The Hall–Kier alpha value is -3.14. The van der Waals surface area contributed by atoms with Gasteiger partial charge >= 0.3 is 5.69 Å². The van der Waals surface area contributed by atoms with Crippen LogP contribution < -0.4 is 21.3 Å². The zero-order valence-corrected chi connectivity index (χ0v) is 21.6. The van der Waals surface area contributed by atoms with Crippen molar-refractivity contribution in [3.8, 4) is 5.75 Å². The topological polar surface area (TPSA) is 95.2 Å². The van der Waals surface area contributed by atoms with Gasteiger partial charge < -0.3 is 10.1 Å². The highest BCUT2D eigenvalue weighted by Gasteiger charge is 2.30. The molecule has 0 bridgehead atoms. The third-order valence-electron chi connectivity index (χ3n) is 7.31. The average molecular weight is 527 g/mol. The SMILES string of the molecule is CC(Oc1ccccc1)C(=O)N[C@H]1CC[C@@H](n2c(=O)c3cc(F)cnc3n(C3CCSCC3)c2=O)CC1. The van der Waals surface area contributed by atoms with E-state index in [4.69, 9.17) is 4.74 Å². The molecule has 1 N–H and O–H groups in total. The van der Waals surface area contributed by atoms with Crippen molar-refractivity contribution in [3.05, 3.63) is 69.3 Å². The number of nitrogens with zero attached hydrogens (tertiary/aromatic N) is 3. The molecule has 5 rings (SSSR count). The van der Waals surface area contributed by atoms with E-state index >= 15 is 0 Å². The Balaban J connectivity index is 1.34. The number of hydrogen-bond donors (Lipinski definition) is 1. The molecular weight excluding hydrogens is 495 g/mol. The lowest BCUT2D eigenvalue weighted by molar-refractivity contribution is -0.128. The monoisotopic (exact) mass is 526 g/mol. The number of ether oxygens (including phenoxy) is 1. The number of fused-ring (bicyclic) bond motifs is 1. The number of amides is 1. The van der Waals surface area contributed by atoms with E-state index in [1.807, 2.05) is 30.0 Å². The quantitative estimate of drug-likeness (QED) is 0.525. The van der Waals surface area contributed by atoms with Gasteiger partial charge in [-0.3, -0.25) is 18.7 Å². The Morgan fingerprint density at radius 1 is 1.05 bits per heavy atom. The molecule has 3 aromatic rings. The Kier molecular flexibility index (Phi) is 7.64. The number of carbonyl (C=O) groups excluding carboxylic acids is 1. The fraction of sp³-hybridized carbons (Fsp3) is 0.481. The Labute approximate surface area is 218 Å². The normalized spacial score (nSPS) is 21.5. The van der Waals surface area contributed by atoms with Crippen LogP contribution >= 0.6 is 11.8 Å². The van der Waals surface area contributed by atoms with Crippen molar-refractivity contribution in [2.75, 3.05) is 11.5 Å². The Morgan fingerprint density at radius 2 is 1.73 bits per heavy atom. The van der Waals surface area contributed by atoms with Crippen LogP contribution in [0.4, 0.5) is 4.39 Å². The molecule has 10 heteroatoms. The highest BCUT2D eigenvalue weighted by atomic mass is 32.2. The molecule has 2 aliphatic rings. The summed E-state index contributed by atoms with van der Waals surface area (Å²) < 4.78 is 22.7. The molecule has 196 valence electrons. The van der Waals surface area contributed by atoms with Gasteiger partial charge in [0.2, 0.25) is 0 Å². The van der Waals surface area contributed by atoms with Crippen molar-refractivity contribution in [2.24, 2.45) is 0 Å². The molecule has 2 aromatic heterocycles. The molecule has 1 unspecified atom stereocenters. The second-order valence-electron chi connectivity index (χ2n) is 9.78. The van der Waals surface area contributed by atoms with Gasteiger partial charge in [-0.1, -0.05) is 18.2 Å². The molecule has 1 amide bonds. The minimum atomic E-state index is -0.647. The van der Waals surface area contributed by atoms with E-state index in [0.29, 0.717) is 31.4 Å². The third kappa shape index (κ3) is 5.44. The predicted molar refractivity (Wildman–Crippen MR) is 142 cm³/mol. The van der Waals surface area contributed by atoms with Crippen molar-refractivity contribution in [1.29, 1.82) is 0 Å². The number of nitrogens with one attached hydrogen (secondary N) is 1. The van der Waals surface area contributed by atoms with Crippen molar-refractivity contribution in [2.45, 2.75) is 69.7 Å². The van der Waals surface area contributed by atoms with E-state index < -0.39 is 17.5 Å². The summed E-state index contributed by atoms with van der Waals surface area (Å²) in [4.78, 5) is 44.0. The van der Waals surface area contributed by atoms with Gasteiger partial charge in [-0.2, -0.15) is 11.8 Å². The molecule has 0 spiro atoms. The summed E-state index contributed by atoms with van der Waals surface area (Å²) in [7, 11) is 0. The number of para-hydroxylation sites is 1. The lowest BCUT2D eigenvalue weighted by Gasteiger charge is -2.32. The van der Waals surface area contributed by atoms with Crippen LogP contribution in [0.3, 0.4) is 0 Å². The van der Waals surface area contributed by atoms with Crippen LogP contribution in [-0.2, 0) is 4.79 Å². The first kappa shape index (κ1) is 25.5. The summed E-state index contributed by atoms with van der Waals surface area (Å²) in [6.45, 7) is 1.71. The fourth-order valence-corrected chi connectivity index (χ4v) is 6.43. The largest absolute Gasteiger partial charge is 0.481 e. The maximum atomic E-state index is 14.1. The maximum absolute atomic E-state index is 14.1. The molecule has 37 heavy (non-hydrogen) atoms. The maximum Gasteiger partial charge on any atom is 0.333 e. The minimum Gasteiger partial charge on any atom is -0.481 e. The molecule has 0 radical (unpaired) electrons. The number of benzene rings is 1. The van der Waals surface area contributed by atoms with Gasteiger partial charge in [0.25, 0.3) is 11.5 Å². The van der Waals surface area contributed by atoms with Gasteiger partial charge in [-0.15, -0.1) is 0 Å². The number of carbonyl (C=O) groups is 1. The number of pyridine rings is 1. The molecule has 1 atom stereocenters. The zero-order chi connectivity index (χ0) is 25.9. The summed E-state index contributed by atoms with van der Waals surface area (Å²) in [6, 6.07) is 9.92. The van der Waals surface area contributed by atoms with Gasteiger partial charge in [-0.25, -0.2) is 14.2 Å². The molecule has 2 fully saturated rings. The summed E-state index contributed by atoms with van der Waals surface area (Å²) in [5.74, 6) is 1.68. The number of aromatic nitrogens is 3. The van der Waals surface area contributed by atoms with Crippen LogP contribution in [0, 0.1) is 5.82 Å². The number of rotatable bonds is 6. The molecule has 1 saturated heterocycles. The standard InChI is InChI=1S/C27H31FN4O4S/c1-17(36-22-5-3-2-4-6-22)25(33)30-19-7-9-20(10-8-19)32-26(34)23-15-18(28)16-29-24(23)31(27(32)35)21-11-13-37-14-12-21/h2-6,15-17,19-21H,7-14H2,1H3,(H,30,33)/t17?,19-,20+. The highest BCUT2D eigenvalue weighted by Crippen LogP contribution is 2.30. The summed E-state index contributed by atoms with van der Waals surface area (Å²) in [5.41, 5.74) is -0.602. The van der Waals surface area contributed by atoms with Gasteiger partial charge in [0.1, 0.15) is 17.2 Å². The van der Waals surface area contributed by atoms with E-state index in [-0.39, 0.29) is 40.8 Å². The van der Waals surface area contributed by atoms with Gasteiger partial charge in [-0.05, 0) is 75.2 Å². The first-order valence-electron chi connectivity index (χ1n) is 12.8. The summed E-state index contributed by atoms with van der Waals surface area (Å²) in [6.07, 6.45) is 4.39. The first-order chi connectivity index (χ1) is 17.9. The van der Waals surface area contributed by atoms with Gasteiger partial charge in [0.05, 0.1) is 11.6 Å². The molecule has 8 nitrogen and oxygen atoms in total. The summed E-state index contributed by atoms with van der Waals surface area (Å²) >= 11 is 1.84. The van der Waals surface area contributed by atoms with Crippen molar-refractivity contribution in [3.63, 3.8) is 0 Å². The fourth-order valence-electron chi connectivity index (χ4n) is 5.35. The van der Waals surface area contributed by atoms with E-state index in [1.165, 1.54) is 10.6 Å². The first-order valence-corrected chi connectivity index (χ1v) is 14.0. The van der Waals surface area contributed by atoms with Crippen LogP contribution in [0.5, 0.6) is 5.75 Å². The molecule has 1 aliphatic carbocycles. The molecule has 1 aliphatic heterocycles. The zero-order valence-electron chi connectivity index (χ0n) is 20.8. The smallest absolute Gasteiger partial charge is 0.333 e. The third-order valence-corrected chi connectivity index (χ3v) is 8.36. The number of halogens is 1. The van der Waals surface area contributed by atoms with Crippen LogP contribution in [0.15, 0.2) is 52.2 Å². The van der Waals surface area contributed by atoms with E-state index in [2.05, 4.69) is 10.3 Å². The van der Waals surface area contributed by atoms with E-state index in [9.17, 15) is 18.8 Å². The number of hydrogen-bond acceptors (Lipinski definition) is 6. The molecule has 1 aromatic carbocycles. The average Bonchev–Trinajstić information content (AvgIpc) is 2.91. The highest BCUT2D eigenvalue weighted by molar-refractivity contribution is 7.99. The van der Waals surface area contributed by atoms with Crippen LogP contribution in [0.25, 0.3) is 11.0 Å². The summed E-state index contributed by atoms with van der Waals surface area (Å²) in [5, 5.41) is 3.18. The molecular formula is C27H31FN4O4S. The Morgan fingerprint density at radius 3 is 2.43 bits per heavy atom. The van der Waals surface area contributed by atoms with Crippen molar-refractivity contribution in [1.82, 2.24) is 19.4 Å². The minimum absolute atomic E-state index is 0.0669. The van der Waals surface area contributed by atoms with Gasteiger partial charge in [0.15, 0.2) is 6.10 Å². The van der Waals surface area contributed by atoms with Crippen LogP contribution in [0.1, 0.15) is 57.5 Å². The lowest BCUT2D eigenvalue weighted by Crippen LogP contribution is -2.47. The predicted octanol–water partition coefficient (Wildman–Crippen LogP) is 3.83. The lowest BCUT2D eigenvalue weighted by atomic mass is 9.90. The second-order valence-corrected chi connectivity index (χ2v) is 11.0. The second kappa shape index (κ2) is 11.1. The Bertz CT molecular complexity index is 1380. The van der Waals surface area contributed by atoms with Gasteiger partial charge in [0, 0.05) is 18.1 Å².